The van der Waals surface area contributed by atoms with Gasteiger partial charge >= 0.3 is 0 Å². The molecule has 0 amide bonds. The average Bonchev–Trinajstić information content (AvgIpc) is 2.23. The van der Waals surface area contributed by atoms with Crippen LogP contribution in [0.4, 0.5) is 0 Å². The van der Waals surface area contributed by atoms with Gasteiger partial charge in [-0.25, -0.2) is 0 Å². The average molecular weight is 288 g/mol. The van der Waals surface area contributed by atoms with Gasteiger partial charge in [0.15, 0.2) is 0 Å². The highest BCUT2D eigenvalue weighted by atomic mass is 16.2. The van der Waals surface area contributed by atoms with Crippen LogP contribution < -0.4 is 0 Å². The van der Waals surface area contributed by atoms with Crippen LogP contribution in [0.3, 0.4) is 0 Å². The van der Waals surface area contributed by atoms with Crippen LogP contribution in [0.15, 0.2) is 0 Å². The quantitative estimate of drug-likeness (QED) is 0.792. The van der Waals surface area contributed by atoms with Gasteiger partial charge in [-0.2, -0.15) is 0 Å². The van der Waals surface area contributed by atoms with Crippen molar-refractivity contribution in [1.29, 1.82) is 0 Å². The predicted octanol–water partition coefficient (Wildman–Crippen LogP) is 1.89. The van der Waals surface area contributed by atoms with E-state index in [0.717, 1.165) is 0 Å². The summed E-state index contributed by atoms with van der Waals surface area (Å²) in [6, 6.07) is 0. The van der Waals surface area contributed by atoms with Crippen LogP contribution in [0.25, 0.3) is 0 Å². The minimum atomic E-state index is -0.671. The molecule has 4 nitrogen and oxygen atoms in total. The van der Waals surface area contributed by atoms with Crippen LogP contribution in [0.1, 0.15) is 53.4 Å². The standard InChI is InChI=1S/C17H20O4/c1-9(18)13-5-14(10(2)19)7-16(12(4)21)8-15(6-13,11(3)20)17(13,14)16/h5-8H2,1-4H3. The van der Waals surface area contributed by atoms with E-state index in [2.05, 4.69) is 0 Å². The smallest absolute Gasteiger partial charge is 0.136 e. The Balaban J connectivity index is 1.97. The van der Waals surface area contributed by atoms with E-state index >= 15 is 0 Å². The number of Topliss-reactive ketones (excluding diaryl/α,β-unsaturated/α-hetero) is 4. The van der Waals surface area contributed by atoms with E-state index < -0.39 is 27.1 Å². The lowest BCUT2D eigenvalue weighted by Crippen LogP contribution is -3.02. The SMILES string of the molecule is CC(=O)C12CC3(C(C)=O)CC4(C(C)=O)CC(C(C)=O)(C1)C234. The molecule has 0 radical (unpaired) electrons. The maximum atomic E-state index is 12.3. The molecule has 4 aliphatic rings. The first-order chi connectivity index (χ1) is 9.60. The van der Waals surface area contributed by atoms with Crippen molar-refractivity contribution in [3.63, 3.8) is 0 Å². The van der Waals surface area contributed by atoms with Gasteiger partial charge in [-0.15, -0.1) is 0 Å². The van der Waals surface area contributed by atoms with Crippen molar-refractivity contribution in [2.75, 3.05) is 0 Å². The molecule has 0 unspecified atom stereocenters. The molecule has 0 aromatic rings. The normalized spacial score (nSPS) is 54.7. The maximum Gasteiger partial charge on any atom is 0.136 e. The van der Waals surface area contributed by atoms with Gasteiger partial charge in [-0.1, -0.05) is 0 Å². The summed E-state index contributed by atoms with van der Waals surface area (Å²) in [4.78, 5) is 49.3. The highest BCUT2D eigenvalue weighted by molar-refractivity contribution is 6.09. The van der Waals surface area contributed by atoms with Gasteiger partial charge in [-0.3, -0.25) is 19.2 Å². The summed E-state index contributed by atoms with van der Waals surface area (Å²) in [7, 11) is 0. The fourth-order valence-electron chi connectivity index (χ4n) is 7.74. The van der Waals surface area contributed by atoms with Crippen molar-refractivity contribution in [2.45, 2.75) is 53.4 Å². The molecule has 4 saturated carbocycles. The summed E-state index contributed by atoms with van der Waals surface area (Å²) in [5.74, 6) is 0.227. The molecule has 0 aromatic heterocycles. The lowest BCUT2D eigenvalue weighted by atomic mass is 8.99. The minimum absolute atomic E-state index is 0.0567. The number of hydrogen-bond donors (Lipinski definition) is 0. The van der Waals surface area contributed by atoms with Crippen LogP contribution in [-0.4, -0.2) is 23.1 Å². The van der Waals surface area contributed by atoms with Crippen molar-refractivity contribution < 1.29 is 19.2 Å². The number of ketones is 4. The number of hydrogen-bond acceptors (Lipinski definition) is 4. The van der Waals surface area contributed by atoms with E-state index in [1.165, 1.54) is 0 Å². The first kappa shape index (κ1) is 13.4. The third-order valence-corrected chi connectivity index (χ3v) is 7.98. The van der Waals surface area contributed by atoms with Gasteiger partial charge in [0.25, 0.3) is 0 Å². The topological polar surface area (TPSA) is 68.3 Å². The summed E-state index contributed by atoms with van der Waals surface area (Å²) >= 11 is 0. The van der Waals surface area contributed by atoms with Gasteiger partial charge in [-0.05, 0) is 53.4 Å². The summed E-state index contributed by atoms with van der Waals surface area (Å²) in [5.41, 5.74) is -3.03. The van der Waals surface area contributed by atoms with Crippen LogP contribution >= 0.6 is 0 Å². The second-order valence-electron chi connectivity index (χ2n) is 8.01. The van der Waals surface area contributed by atoms with Crippen LogP contribution in [0.2, 0.25) is 0 Å². The first-order valence-electron chi connectivity index (χ1n) is 7.64. The third-order valence-electron chi connectivity index (χ3n) is 7.98. The number of carbonyl (C=O) groups is 4. The molecule has 21 heavy (non-hydrogen) atoms. The van der Waals surface area contributed by atoms with Crippen LogP contribution in [-0.2, 0) is 19.2 Å². The Morgan fingerprint density at radius 2 is 0.714 bits per heavy atom. The zero-order chi connectivity index (χ0) is 15.6. The Kier molecular flexibility index (Phi) is 1.86. The Hall–Kier alpha value is -1.32. The molecule has 4 fully saturated rings. The summed E-state index contributed by atoms with van der Waals surface area (Å²) in [6.07, 6.45) is 2.20. The van der Waals surface area contributed by atoms with Gasteiger partial charge in [0.1, 0.15) is 23.1 Å². The first-order valence-corrected chi connectivity index (χ1v) is 7.64. The molecular formula is C17H20O4. The highest BCUT2D eigenvalue weighted by Gasteiger charge is 3.07. The lowest BCUT2D eigenvalue weighted by Gasteiger charge is -3.00. The van der Waals surface area contributed by atoms with Gasteiger partial charge in [0.2, 0.25) is 0 Å². The predicted molar refractivity (Wildman–Crippen MR) is 73.4 cm³/mol. The lowest BCUT2D eigenvalue weighted by molar-refractivity contribution is -0.499. The zero-order valence-electron chi connectivity index (χ0n) is 13.0. The minimum Gasteiger partial charge on any atom is -0.299 e. The molecule has 112 valence electrons. The largest absolute Gasteiger partial charge is 0.299 e. The van der Waals surface area contributed by atoms with Gasteiger partial charge in [0, 0.05) is 27.1 Å². The van der Waals surface area contributed by atoms with Crippen molar-refractivity contribution in [2.24, 2.45) is 27.1 Å². The molecule has 4 rings (SSSR count). The fraction of sp³-hybridized carbons (Fsp3) is 0.765. The van der Waals surface area contributed by atoms with E-state index in [0.29, 0.717) is 25.7 Å². The van der Waals surface area contributed by atoms with Crippen LogP contribution in [0.5, 0.6) is 0 Å². The Morgan fingerprint density at radius 1 is 0.524 bits per heavy atom. The van der Waals surface area contributed by atoms with E-state index in [4.69, 9.17) is 0 Å². The van der Waals surface area contributed by atoms with Crippen molar-refractivity contribution in [1.82, 2.24) is 0 Å². The molecule has 0 aliphatic heterocycles. The monoisotopic (exact) mass is 288 g/mol. The van der Waals surface area contributed by atoms with E-state index in [1.807, 2.05) is 0 Å². The summed E-state index contributed by atoms with van der Waals surface area (Å²) in [5, 5.41) is 0. The van der Waals surface area contributed by atoms with Crippen molar-refractivity contribution in [3.05, 3.63) is 0 Å². The van der Waals surface area contributed by atoms with E-state index in [-0.39, 0.29) is 23.1 Å². The third kappa shape index (κ3) is 0.760. The van der Waals surface area contributed by atoms with E-state index in [9.17, 15) is 19.2 Å². The Morgan fingerprint density at radius 3 is 0.857 bits per heavy atom. The molecule has 4 heteroatoms. The molecule has 4 aliphatic carbocycles. The second kappa shape index (κ2) is 2.92. The molecule has 0 bridgehead atoms. The Bertz CT molecular complexity index is 543. The van der Waals surface area contributed by atoms with Crippen molar-refractivity contribution >= 4 is 23.1 Å². The number of rotatable bonds is 4. The fourth-order valence-corrected chi connectivity index (χ4v) is 7.74. The summed E-state index contributed by atoms with van der Waals surface area (Å²) < 4.78 is 0. The zero-order valence-corrected chi connectivity index (χ0v) is 13.0. The molecule has 0 atom stereocenters. The van der Waals surface area contributed by atoms with E-state index in [1.54, 1.807) is 27.7 Å². The second-order valence-corrected chi connectivity index (χ2v) is 8.01. The summed E-state index contributed by atoms with van der Waals surface area (Å²) in [6.45, 7) is 6.24. The number of carbonyl (C=O) groups excluding carboxylic acids is 4. The molecule has 1 spiro atoms. The molecule has 0 heterocycles. The van der Waals surface area contributed by atoms with Gasteiger partial charge in [0.05, 0.1) is 0 Å². The highest BCUT2D eigenvalue weighted by Crippen LogP contribution is 3.05. The molecule has 0 aromatic carbocycles. The molecule has 0 N–H and O–H groups in total. The Labute approximate surface area is 123 Å². The molecular weight excluding hydrogens is 268 g/mol. The molecule has 0 saturated heterocycles. The van der Waals surface area contributed by atoms with Crippen molar-refractivity contribution in [3.8, 4) is 0 Å². The van der Waals surface area contributed by atoms with Crippen LogP contribution in [0, 0.1) is 27.1 Å². The maximum absolute atomic E-state index is 12.3. The van der Waals surface area contributed by atoms with Gasteiger partial charge < -0.3 is 0 Å².